The Morgan fingerprint density at radius 3 is 2.69 bits per heavy atom. The number of aryl methyl sites for hydroxylation is 2. The molecule has 3 aromatic rings. The summed E-state index contributed by atoms with van der Waals surface area (Å²) in [6.45, 7) is 5.67. The van der Waals surface area contributed by atoms with Crippen molar-refractivity contribution in [2.75, 3.05) is 11.9 Å². The number of hydrogen-bond donors (Lipinski definition) is 1. The molecule has 0 fully saturated rings. The highest BCUT2D eigenvalue weighted by atomic mass is 35.5. The number of pyridine rings is 2. The van der Waals surface area contributed by atoms with Crippen LogP contribution in [0.4, 0.5) is 15.8 Å². The Hall–Kier alpha value is -2.73. The van der Waals surface area contributed by atoms with Gasteiger partial charge in [0.05, 0.1) is 12.3 Å². The molecule has 0 amide bonds. The molecule has 26 heavy (non-hydrogen) atoms. The Bertz CT molecular complexity index is 963. The Kier molecular flexibility index (Phi) is 6.10. The molecule has 0 aliphatic rings. The van der Waals surface area contributed by atoms with Gasteiger partial charge in [0.25, 0.3) is 0 Å². The molecule has 5 nitrogen and oxygen atoms in total. The summed E-state index contributed by atoms with van der Waals surface area (Å²) >= 11 is 0. The lowest BCUT2D eigenvalue weighted by Crippen LogP contribution is -2.10. The predicted molar refractivity (Wildman–Crippen MR) is 102 cm³/mol. The van der Waals surface area contributed by atoms with E-state index in [1.165, 1.54) is 18.3 Å². The number of nitrogens with one attached hydrogen (secondary N) is 1. The maximum Gasteiger partial charge on any atom is 0.341 e. The molecule has 0 saturated carbocycles. The van der Waals surface area contributed by atoms with E-state index >= 15 is 0 Å². The van der Waals surface area contributed by atoms with Crippen LogP contribution < -0.4 is 5.32 Å². The van der Waals surface area contributed by atoms with Gasteiger partial charge in [-0.2, -0.15) is 0 Å². The van der Waals surface area contributed by atoms with Crippen LogP contribution in [0.2, 0.25) is 0 Å². The molecule has 0 saturated heterocycles. The quantitative estimate of drug-likeness (QED) is 0.668. The van der Waals surface area contributed by atoms with Crippen molar-refractivity contribution in [1.29, 1.82) is 0 Å². The molecular formula is C19H19ClFN3O2. The third kappa shape index (κ3) is 3.91. The number of hydrogen-bond acceptors (Lipinski definition) is 5. The smallest absolute Gasteiger partial charge is 0.341 e. The minimum absolute atomic E-state index is 0. The minimum atomic E-state index is -0.472. The van der Waals surface area contributed by atoms with Crippen LogP contribution in [0.3, 0.4) is 0 Å². The molecule has 1 N–H and O–H groups in total. The number of ether oxygens (including phenoxy) is 1. The van der Waals surface area contributed by atoms with Gasteiger partial charge < -0.3 is 10.1 Å². The second-order valence-electron chi connectivity index (χ2n) is 5.68. The summed E-state index contributed by atoms with van der Waals surface area (Å²) in [5, 5.41) is 3.92. The Morgan fingerprint density at radius 1 is 1.23 bits per heavy atom. The van der Waals surface area contributed by atoms with Crippen LogP contribution in [0.15, 0.2) is 36.5 Å². The zero-order valence-corrected chi connectivity index (χ0v) is 15.5. The second-order valence-corrected chi connectivity index (χ2v) is 5.68. The van der Waals surface area contributed by atoms with E-state index in [4.69, 9.17) is 4.74 Å². The number of carbonyl (C=O) groups excluding carboxylic acids is 1. The predicted octanol–water partition coefficient (Wildman–Crippen LogP) is 4.73. The van der Waals surface area contributed by atoms with E-state index in [1.807, 2.05) is 19.1 Å². The lowest BCUT2D eigenvalue weighted by Gasteiger charge is -2.15. The van der Waals surface area contributed by atoms with E-state index in [2.05, 4.69) is 15.3 Å². The maximum absolute atomic E-state index is 13.4. The first-order valence-corrected chi connectivity index (χ1v) is 7.96. The first-order chi connectivity index (χ1) is 12.0. The number of fused-ring (bicyclic) bond motifs is 1. The maximum atomic E-state index is 13.4. The van der Waals surface area contributed by atoms with Crippen molar-refractivity contribution in [2.45, 2.75) is 20.8 Å². The molecule has 0 spiro atoms. The summed E-state index contributed by atoms with van der Waals surface area (Å²) in [7, 11) is 0. The summed E-state index contributed by atoms with van der Waals surface area (Å²) in [6, 6.07) is 8.13. The average Bonchev–Trinajstić information content (AvgIpc) is 2.57. The van der Waals surface area contributed by atoms with Crippen LogP contribution in [-0.2, 0) is 4.74 Å². The van der Waals surface area contributed by atoms with Crippen molar-refractivity contribution < 1.29 is 13.9 Å². The summed E-state index contributed by atoms with van der Waals surface area (Å²) in [6.07, 6.45) is 1.45. The van der Waals surface area contributed by atoms with Crippen LogP contribution >= 0.6 is 12.4 Å². The molecule has 1 aromatic carbocycles. The van der Waals surface area contributed by atoms with E-state index in [1.54, 1.807) is 19.9 Å². The third-order valence-corrected chi connectivity index (χ3v) is 3.81. The summed E-state index contributed by atoms with van der Waals surface area (Å²) < 4.78 is 18.5. The number of halogens is 2. The van der Waals surface area contributed by atoms with Gasteiger partial charge in [-0.15, -0.1) is 12.4 Å². The van der Waals surface area contributed by atoms with Crippen LogP contribution in [0.5, 0.6) is 0 Å². The molecule has 2 aromatic heterocycles. The standard InChI is InChI=1S/C19H18FN3O2.ClH/c1-4-25-19(24)15-10-21-18-14(7-5-12(3)22-18)17(15)23-16-8-6-13(20)9-11(16)2;/h5-10H,4H2,1-3H3,(H,21,22,23);1H. The van der Waals surface area contributed by atoms with Gasteiger partial charge in [-0.05, 0) is 56.7 Å². The molecule has 0 atom stereocenters. The number of rotatable bonds is 4. The molecular weight excluding hydrogens is 357 g/mol. The minimum Gasteiger partial charge on any atom is -0.462 e. The van der Waals surface area contributed by atoms with Gasteiger partial charge in [-0.25, -0.2) is 19.2 Å². The number of aromatic nitrogens is 2. The summed E-state index contributed by atoms with van der Waals surface area (Å²) in [5.41, 5.74) is 3.62. The van der Waals surface area contributed by atoms with E-state index in [0.29, 0.717) is 28.0 Å². The van der Waals surface area contributed by atoms with Crippen molar-refractivity contribution in [2.24, 2.45) is 0 Å². The number of benzene rings is 1. The van der Waals surface area contributed by atoms with Gasteiger partial charge in [-0.3, -0.25) is 0 Å². The van der Waals surface area contributed by atoms with Gasteiger partial charge in [0.2, 0.25) is 0 Å². The van der Waals surface area contributed by atoms with Crippen LogP contribution in [0.25, 0.3) is 11.0 Å². The largest absolute Gasteiger partial charge is 0.462 e. The summed E-state index contributed by atoms with van der Waals surface area (Å²) in [5.74, 6) is -0.787. The molecule has 0 bridgehead atoms. The van der Waals surface area contributed by atoms with Crippen molar-refractivity contribution >= 4 is 40.8 Å². The monoisotopic (exact) mass is 375 g/mol. The molecule has 0 radical (unpaired) electrons. The van der Waals surface area contributed by atoms with Crippen LogP contribution in [0.1, 0.15) is 28.5 Å². The van der Waals surface area contributed by atoms with E-state index in [-0.39, 0.29) is 24.8 Å². The fraction of sp³-hybridized carbons (Fsp3) is 0.211. The van der Waals surface area contributed by atoms with Crippen molar-refractivity contribution in [3.05, 3.63) is 59.2 Å². The van der Waals surface area contributed by atoms with Crippen LogP contribution in [-0.4, -0.2) is 22.5 Å². The normalized spacial score (nSPS) is 10.3. The van der Waals surface area contributed by atoms with Crippen molar-refractivity contribution in [3.63, 3.8) is 0 Å². The molecule has 136 valence electrons. The van der Waals surface area contributed by atoms with Crippen molar-refractivity contribution in [3.8, 4) is 0 Å². The molecule has 0 unspecified atom stereocenters. The first-order valence-electron chi connectivity index (χ1n) is 7.96. The van der Waals surface area contributed by atoms with E-state index in [0.717, 1.165) is 11.3 Å². The zero-order chi connectivity index (χ0) is 18.0. The van der Waals surface area contributed by atoms with E-state index < -0.39 is 5.97 Å². The topological polar surface area (TPSA) is 64.1 Å². The molecule has 2 heterocycles. The number of anilines is 2. The fourth-order valence-electron chi connectivity index (χ4n) is 2.57. The number of esters is 1. The molecule has 7 heteroatoms. The highest BCUT2D eigenvalue weighted by molar-refractivity contribution is 6.05. The summed E-state index contributed by atoms with van der Waals surface area (Å²) in [4.78, 5) is 21.0. The molecule has 0 aliphatic heterocycles. The Labute approximate surface area is 157 Å². The number of nitrogens with zero attached hydrogens (tertiary/aromatic N) is 2. The lowest BCUT2D eigenvalue weighted by molar-refractivity contribution is 0.0527. The SMILES string of the molecule is CCOC(=O)c1cnc2nc(C)ccc2c1Nc1ccc(F)cc1C.Cl. The lowest BCUT2D eigenvalue weighted by atomic mass is 10.1. The van der Waals surface area contributed by atoms with Gasteiger partial charge in [0.15, 0.2) is 5.65 Å². The first kappa shape index (κ1) is 19.6. The Morgan fingerprint density at radius 2 is 2.00 bits per heavy atom. The molecule has 0 aliphatic carbocycles. The average molecular weight is 376 g/mol. The van der Waals surface area contributed by atoms with Gasteiger partial charge in [0.1, 0.15) is 11.4 Å². The van der Waals surface area contributed by atoms with Gasteiger partial charge >= 0.3 is 5.97 Å². The highest BCUT2D eigenvalue weighted by Crippen LogP contribution is 2.30. The third-order valence-electron chi connectivity index (χ3n) is 3.81. The van der Waals surface area contributed by atoms with Gasteiger partial charge in [0, 0.05) is 23.0 Å². The highest BCUT2D eigenvalue weighted by Gasteiger charge is 2.18. The second kappa shape index (κ2) is 8.10. The van der Waals surface area contributed by atoms with Crippen LogP contribution in [0, 0.1) is 19.7 Å². The van der Waals surface area contributed by atoms with Gasteiger partial charge in [-0.1, -0.05) is 0 Å². The number of carbonyl (C=O) groups is 1. The van der Waals surface area contributed by atoms with E-state index in [9.17, 15) is 9.18 Å². The zero-order valence-electron chi connectivity index (χ0n) is 14.7. The fourth-order valence-corrected chi connectivity index (χ4v) is 2.57. The molecule has 3 rings (SSSR count). The van der Waals surface area contributed by atoms with Crippen molar-refractivity contribution in [1.82, 2.24) is 9.97 Å². The Balaban J connectivity index is 0.00000243.